The van der Waals surface area contributed by atoms with Gasteiger partial charge in [0.2, 0.25) is 0 Å². The van der Waals surface area contributed by atoms with E-state index in [2.05, 4.69) is 15.5 Å². The van der Waals surface area contributed by atoms with Gasteiger partial charge in [0.1, 0.15) is 17.3 Å². The Morgan fingerprint density at radius 1 is 1.16 bits per heavy atom. The quantitative estimate of drug-likeness (QED) is 0.375. The van der Waals surface area contributed by atoms with Crippen LogP contribution in [0.1, 0.15) is 36.1 Å². The standard InChI is InChI=1S/C22H25FN4O3S/c1-4-27-20(15(2)24-21(28)18-7-5-6-8-19(18)23)25-26-22(27)31-14-13-30-17-11-9-16(29-3)10-12-17/h5-12,15H,4,13-14H2,1-3H3,(H,24,28). The fourth-order valence-corrected chi connectivity index (χ4v) is 3.80. The molecule has 7 nitrogen and oxygen atoms in total. The first-order valence-corrected chi connectivity index (χ1v) is 10.9. The van der Waals surface area contributed by atoms with E-state index in [0.717, 1.165) is 16.7 Å². The summed E-state index contributed by atoms with van der Waals surface area (Å²) in [7, 11) is 1.62. The van der Waals surface area contributed by atoms with Gasteiger partial charge < -0.3 is 19.4 Å². The third-order valence-corrected chi connectivity index (χ3v) is 5.49. The van der Waals surface area contributed by atoms with Crippen LogP contribution in [0.2, 0.25) is 0 Å². The number of methoxy groups -OCH3 is 1. The van der Waals surface area contributed by atoms with Gasteiger partial charge in [-0.15, -0.1) is 10.2 Å². The number of ether oxygens (including phenoxy) is 2. The fraction of sp³-hybridized carbons (Fsp3) is 0.318. The number of carbonyl (C=O) groups excluding carboxylic acids is 1. The number of aromatic nitrogens is 3. The van der Waals surface area contributed by atoms with Crippen LogP contribution in [0.15, 0.2) is 53.7 Å². The van der Waals surface area contributed by atoms with Gasteiger partial charge in [-0.25, -0.2) is 4.39 Å². The van der Waals surface area contributed by atoms with Gasteiger partial charge in [-0.3, -0.25) is 4.79 Å². The molecule has 0 radical (unpaired) electrons. The number of hydrogen-bond acceptors (Lipinski definition) is 6. The summed E-state index contributed by atoms with van der Waals surface area (Å²) >= 11 is 1.52. The van der Waals surface area contributed by atoms with E-state index in [0.29, 0.717) is 24.7 Å². The Kier molecular flexibility index (Phi) is 7.88. The number of benzene rings is 2. The summed E-state index contributed by atoms with van der Waals surface area (Å²) in [5.74, 6) is 1.80. The molecule has 3 aromatic rings. The molecule has 1 amide bonds. The van der Waals surface area contributed by atoms with Crippen LogP contribution in [0, 0.1) is 5.82 Å². The molecule has 3 rings (SSSR count). The zero-order valence-electron chi connectivity index (χ0n) is 17.7. The second kappa shape index (κ2) is 10.8. The normalized spacial score (nSPS) is 11.7. The van der Waals surface area contributed by atoms with Gasteiger partial charge in [0.15, 0.2) is 11.0 Å². The van der Waals surface area contributed by atoms with Gasteiger partial charge in [0, 0.05) is 12.3 Å². The van der Waals surface area contributed by atoms with Crippen LogP contribution in [-0.2, 0) is 6.54 Å². The van der Waals surface area contributed by atoms with Crippen LogP contribution in [0.25, 0.3) is 0 Å². The first-order chi connectivity index (χ1) is 15.0. The van der Waals surface area contributed by atoms with Crippen molar-refractivity contribution in [2.24, 2.45) is 0 Å². The van der Waals surface area contributed by atoms with Crippen LogP contribution >= 0.6 is 11.8 Å². The molecular formula is C22H25FN4O3S. The van der Waals surface area contributed by atoms with Crippen LogP contribution < -0.4 is 14.8 Å². The highest BCUT2D eigenvalue weighted by molar-refractivity contribution is 7.99. The highest BCUT2D eigenvalue weighted by atomic mass is 32.2. The maximum Gasteiger partial charge on any atom is 0.254 e. The molecule has 0 saturated carbocycles. The monoisotopic (exact) mass is 444 g/mol. The Hall–Kier alpha value is -3.07. The van der Waals surface area contributed by atoms with Crippen molar-refractivity contribution in [2.75, 3.05) is 19.5 Å². The predicted octanol–water partition coefficient (Wildman–Crippen LogP) is 4.11. The number of nitrogens with zero attached hydrogens (tertiary/aromatic N) is 3. The number of halogens is 1. The minimum atomic E-state index is -0.558. The maximum atomic E-state index is 13.9. The topological polar surface area (TPSA) is 78.3 Å². The molecule has 1 aromatic heterocycles. The average molecular weight is 445 g/mol. The van der Waals surface area contributed by atoms with E-state index in [1.165, 1.54) is 23.9 Å². The van der Waals surface area contributed by atoms with Crippen molar-refractivity contribution in [1.29, 1.82) is 0 Å². The highest BCUT2D eigenvalue weighted by Gasteiger charge is 2.20. The van der Waals surface area contributed by atoms with Gasteiger partial charge >= 0.3 is 0 Å². The zero-order valence-corrected chi connectivity index (χ0v) is 18.5. The molecular weight excluding hydrogens is 419 g/mol. The molecule has 0 aliphatic carbocycles. The lowest BCUT2D eigenvalue weighted by molar-refractivity contribution is 0.0933. The number of rotatable bonds is 10. The first kappa shape index (κ1) is 22.6. The second-order valence-corrected chi connectivity index (χ2v) is 7.69. The second-order valence-electron chi connectivity index (χ2n) is 6.63. The first-order valence-electron chi connectivity index (χ1n) is 9.91. The van der Waals surface area contributed by atoms with E-state index >= 15 is 0 Å². The van der Waals surface area contributed by atoms with E-state index in [9.17, 15) is 9.18 Å². The maximum absolute atomic E-state index is 13.9. The molecule has 164 valence electrons. The Bertz CT molecular complexity index is 1010. The number of carbonyl (C=O) groups is 1. The average Bonchev–Trinajstić information content (AvgIpc) is 3.20. The Morgan fingerprint density at radius 2 is 1.87 bits per heavy atom. The zero-order chi connectivity index (χ0) is 22.2. The largest absolute Gasteiger partial charge is 0.497 e. The Balaban J connectivity index is 1.56. The van der Waals surface area contributed by atoms with E-state index in [4.69, 9.17) is 9.47 Å². The van der Waals surface area contributed by atoms with Crippen molar-refractivity contribution in [2.45, 2.75) is 31.6 Å². The Morgan fingerprint density at radius 3 is 2.55 bits per heavy atom. The summed E-state index contributed by atoms with van der Waals surface area (Å²) in [6, 6.07) is 12.9. The van der Waals surface area contributed by atoms with Crippen LogP contribution in [0.3, 0.4) is 0 Å². The third-order valence-electron chi connectivity index (χ3n) is 4.56. The molecule has 0 saturated heterocycles. The smallest absolute Gasteiger partial charge is 0.254 e. The molecule has 0 bridgehead atoms. The highest BCUT2D eigenvalue weighted by Crippen LogP contribution is 2.22. The van der Waals surface area contributed by atoms with Crippen molar-refractivity contribution < 1.29 is 18.7 Å². The number of amides is 1. The van der Waals surface area contributed by atoms with Gasteiger partial charge in [-0.2, -0.15) is 0 Å². The molecule has 0 spiro atoms. The molecule has 0 fully saturated rings. The van der Waals surface area contributed by atoms with Gasteiger partial charge in [0.05, 0.1) is 25.3 Å². The van der Waals surface area contributed by atoms with E-state index in [1.54, 1.807) is 26.2 Å². The lowest BCUT2D eigenvalue weighted by atomic mass is 10.2. The van der Waals surface area contributed by atoms with Gasteiger partial charge in [-0.1, -0.05) is 23.9 Å². The van der Waals surface area contributed by atoms with E-state index in [-0.39, 0.29) is 5.56 Å². The number of nitrogens with one attached hydrogen (secondary N) is 1. The van der Waals surface area contributed by atoms with Gasteiger partial charge in [0.25, 0.3) is 5.91 Å². The van der Waals surface area contributed by atoms with Crippen LogP contribution in [0.5, 0.6) is 11.5 Å². The van der Waals surface area contributed by atoms with Crippen molar-refractivity contribution in [3.05, 3.63) is 65.7 Å². The molecule has 1 heterocycles. The van der Waals surface area contributed by atoms with Gasteiger partial charge in [-0.05, 0) is 50.2 Å². The predicted molar refractivity (Wildman–Crippen MR) is 117 cm³/mol. The lowest BCUT2D eigenvalue weighted by Crippen LogP contribution is -2.29. The minimum absolute atomic E-state index is 0.00203. The molecule has 1 N–H and O–H groups in total. The molecule has 0 aliphatic heterocycles. The SMILES string of the molecule is CCn1c(SCCOc2ccc(OC)cc2)nnc1C(C)NC(=O)c1ccccc1F. The molecule has 0 aliphatic rings. The molecule has 2 aromatic carbocycles. The molecule has 1 unspecified atom stereocenters. The van der Waals surface area contributed by atoms with Crippen molar-refractivity contribution >= 4 is 17.7 Å². The molecule has 9 heteroatoms. The third kappa shape index (κ3) is 5.75. The summed E-state index contributed by atoms with van der Waals surface area (Å²) in [5.41, 5.74) is 0.00203. The summed E-state index contributed by atoms with van der Waals surface area (Å²) in [6.07, 6.45) is 0. The van der Waals surface area contributed by atoms with Crippen LogP contribution in [0.4, 0.5) is 4.39 Å². The van der Waals surface area contributed by atoms with Crippen molar-refractivity contribution in [3.63, 3.8) is 0 Å². The van der Waals surface area contributed by atoms with Crippen molar-refractivity contribution in [1.82, 2.24) is 20.1 Å². The Labute approximate surface area is 185 Å². The summed E-state index contributed by atoms with van der Waals surface area (Å²) < 4.78 is 26.7. The molecule has 31 heavy (non-hydrogen) atoms. The van der Waals surface area contributed by atoms with Crippen LogP contribution in [-0.4, -0.2) is 40.1 Å². The van der Waals surface area contributed by atoms with Crippen molar-refractivity contribution in [3.8, 4) is 11.5 Å². The molecule has 1 atom stereocenters. The minimum Gasteiger partial charge on any atom is -0.497 e. The lowest BCUT2D eigenvalue weighted by Gasteiger charge is -2.15. The summed E-state index contributed by atoms with van der Waals surface area (Å²) in [6.45, 7) is 4.93. The number of hydrogen-bond donors (Lipinski definition) is 1. The summed E-state index contributed by atoms with van der Waals surface area (Å²) in [4.78, 5) is 12.4. The summed E-state index contributed by atoms with van der Waals surface area (Å²) in [5, 5.41) is 12.0. The van der Waals surface area contributed by atoms with E-state index in [1.807, 2.05) is 35.8 Å². The number of thioether (sulfide) groups is 1. The van der Waals surface area contributed by atoms with E-state index < -0.39 is 17.8 Å². The fourth-order valence-electron chi connectivity index (χ4n) is 2.97.